The highest BCUT2D eigenvalue weighted by Crippen LogP contribution is 2.01. The first kappa shape index (κ1) is 18.6. The van der Waals surface area contributed by atoms with Crippen LogP contribution in [0.15, 0.2) is 89.6 Å². The number of carbonyl (C=O) groups excluding carboxylic acids is 2. The van der Waals surface area contributed by atoms with Crippen LogP contribution in [0.25, 0.3) is 0 Å². The number of hydrogen-bond donors (Lipinski definition) is 2. The summed E-state index contributed by atoms with van der Waals surface area (Å²) < 4.78 is 0. The monoisotopic (exact) mass is 372 g/mol. The number of hydrogen-bond acceptors (Lipinski definition) is 6. The zero-order valence-corrected chi connectivity index (χ0v) is 14.7. The van der Waals surface area contributed by atoms with Crippen molar-refractivity contribution in [1.82, 2.24) is 20.8 Å². The Morgan fingerprint density at radius 2 is 1.32 bits per heavy atom. The Kier molecular flexibility index (Phi) is 6.30. The van der Waals surface area contributed by atoms with Gasteiger partial charge in [-0.1, -0.05) is 30.3 Å². The third-order valence-electron chi connectivity index (χ3n) is 3.55. The van der Waals surface area contributed by atoms with Crippen LogP contribution in [0.2, 0.25) is 0 Å². The van der Waals surface area contributed by atoms with E-state index in [4.69, 9.17) is 0 Å². The van der Waals surface area contributed by atoms with Crippen molar-refractivity contribution < 1.29 is 9.59 Å². The minimum atomic E-state index is -0.408. The molecule has 3 rings (SSSR count). The van der Waals surface area contributed by atoms with Gasteiger partial charge in [-0.3, -0.25) is 19.6 Å². The number of benzene rings is 1. The van der Waals surface area contributed by atoms with Gasteiger partial charge in [0.2, 0.25) is 0 Å². The number of aromatic nitrogens is 2. The summed E-state index contributed by atoms with van der Waals surface area (Å²) in [6, 6.07) is 15.7. The summed E-state index contributed by atoms with van der Waals surface area (Å²) in [4.78, 5) is 32.0. The zero-order valence-electron chi connectivity index (χ0n) is 14.7. The molecule has 0 spiro atoms. The smallest absolute Gasteiger partial charge is 0.267 e. The first-order chi connectivity index (χ1) is 13.7. The van der Waals surface area contributed by atoms with Crippen LogP contribution in [0.4, 0.5) is 0 Å². The quantitative estimate of drug-likeness (QED) is 0.510. The summed E-state index contributed by atoms with van der Waals surface area (Å²) in [5.41, 5.74) is 6.70. The molecule has 2 heterocycles. The van der Waals surface area contributed by atoms with Crippen LogP contribution in [-0.2, 0) is 0 Å². The number of pyridine rings is 2. The number of hydrazone groups is 2. The number of nitrogens with one attached hydrogen (secondary N) is 2. The lowest BCUT2D eigenvalue weighted by Crippen LogP contribution is -2.22. The molecule has 8 heteroatoms. The number of amides is 2. The number of carbonyl (C=O) groups is 2. The second-order valence-electron chi connectivity index (χ2n) is 5.49. The van der Waals surface area contributed by atoms with E-state index < -0.39 is 11.8 Å². The number of rotatable bonds is 6. The highest BCUT2D eigenvalue weighted by atomic mass is 16.2. The topological polar surface area (TPSA) is 109 Å². The van der Waals surface area contributed by atoms with Gasteiger partial charge in [-0.15, -0.1) is 0 Å². The molecular weight excluding hydrogens is 356 g/mol. The Balaban J connectivity index is 1.74. The third kappa shape index (κ3) is 5.15. The van der Waals surface area contributed by atoms with E-state index in [1.807, 2.05) is 30.3 Å². The lowest BCUT2D eigenvalue weighted by atomic mass is 10.1. The summed E-state index contributed by atoms with van der Waals surface area (Å²) in [5, 5.41) is 8.04. The first-order valence-electron chi connectivity index (χ1n) is 8.31. The summed E-state index contributed by atoms with van der Waals surface area (Å²) >= 11 is 0. The third-order valence-corrected chi connectivity index (χ3v) is 3.55. The Labute approximate surface area is 161 Å². The molecule has 3 aromatic rings. The van der Waals surface area contributed by atoms with Crippen molar-refractivity contribution in [2.24, 2.45) is 10.2 Å². The normalized spacial score (nSPS) is 11.2. The van der Waals surface area contributed by atoms with Gasteiger partial charge in [-0.25, -0.2) is 10.9 Å². The largest absolute Gasteiger partial charge is 0.272 e. The van der Waals surface area contributed by atoms with Gasteiger partial charge in [0.1, 0.15) is 5.71 Å². The van der Waals surface area contributed by atoms with Gasteiger partial charge >= 0.3 is 0 Å². The summed E-state index contributed by atoms with van der Waals surface area (Å²) in [7, 11) is 0. The number of nitrogens with zero attached hydrogens (tertiary/aromatic N) is 4. The van der Waals surface area contributed by atoms with E-state index in [1.165, 1.54) is 18.6 Å². The molecule has 0 saturated carbocycles. The lowest BCUT2D eigenvalue weighted by molar-refractivity contribution is 0.0946. The van der Waals surface area contributed by atoms with Gasteiger partial charge in [0, 0.05) is 30.4 Å². The van der Waals surface area contributed by atoms with Crippen LogP contribution in [-0.4, -0.2) is 33.7 Å². The van der Waals surface area contributed by atoms with Gasteiger partial charge in [-0.05, 0) is 24.3 Å². The predicted octanol–water partition coefficient (Wildman–Crippen LogP) is 2.03. The Morgan fingerprint density at radius 1 is 0.750 bits per heavy atom. The zero-order chi connectivity index (χ0) is 19.6. The summed E-state index contributed by atoms with van der Waals surface area (Å²) in [5.74, 6) is -0.814. The standard InChI is InChI=1S/C20H16N6O2/c27-19(16-8-4-10-21-12-16)25-23-14-18(15-6-2-1-3-7-15)24-26-20(28)17-9-5-11-22-13-17/h1-14H,(H,25,27)(H,26,28)/b23-14-,24-18-. The summed E-state index contributed by atoms with van der Waals surface area (Å²) in [6.45, 7) is 0. The molecule has 2 N–H and O–H groups in total. The molecule has 0 aliphatic carbocycles. The van der Waals surface area contributed by atoms with E-state index in [1.54, 1.807) is 36.7 Å². The molecule has 0 atom stereocenters. The SMILES string of the molecule is O=C(N/N=C\C(=N\NC(=O)c1cccnc1)c1ccccc1)c1cccnc1. The highest BCUT2D eigenvalue weighted by Gasteiger charge is 2.07. The fraction of sp³-hybridized carbons (Fsp3) is 0. The van der Waals surface area contributed by atoms with Gasteiger partial charge in [-0.2, -0.15) is 10.2 Å². The highest BCUT2D eigenvalue weighted by molar-refractivity contribution is 6.38. The van der Waals surface area contributed by atoms with Gasteiger partial charge in [0.15, 0.2) is 0 Å². The molecule has 0 aliphatic rings. The van der Waals surface area contributed by atoms with E-state index in [0.717, 1.165) is 0 Å². The van der Waals surface area contributed by atoms with E-state index in [9.17, 15) is 9.59 Å². The average molecular weight is 372 g/mol. The molecule has 0 saturated heterocycles. The van der Waals surface area contributed by atoms with Gasteiger partial charge < -0.3 is 0 Å². The molecular formula is C20H16N6O2. The van der Waals surface area contributed by atoms with E-state index in [0.29, 0.717) is 22.4 Å². The van der Waals surface area contributed by atoms with Crippen molar-refractivity contribution in [2.75, 3.05) is 0 Å². The maximum absolute atomic E-state index is 12.2. The molecule has 0 fully saturated rings. The maximum Gasteiger partial charge on any atom is 0.272 e. The van der Waals surface area contributed by atoms with Crippen LogP contribution in [0.3, 0.4) is 0 Å². The Bertz CT molecular complexity index is 989. The van der Waals surface area contributed by atoms with Gasteiger partial charge in [0.05, 0.1) is 17.3 Å². The van der Waals surface area contributed by atoms with Crippen LogP contribution in [0.1, 0.15) is 26.3 Å². The van der Waals surface area contributed by atoms with Crippen molar-refractivity contribution in [3.63, 3.8) is 0 Å². The second kappa shape index (κ2) is 9.48. The summed E-state index contributed by atoms with van der Waals surface area (Å²) in [6.07, 6.45) is 7.38. The molecule has 1 aromatic carbocycles. The second-order valence-corrected chi connectivity index (χ2v) is 5.49. The van der Waals surface area contributed by atoms with Crippen LogP contribution in [0.5, 0.6) is 0 Å². The van der Waals surface area contributed by atoms with Gasteiger partial charge in [0.25, 0.3) is 11.8 Å². The Hall–Kier alpha value is -4.20. The average Bonchev–Trinajstić information content (AvgIpc) is 2.77. The fourth-order valence-electron chi connectivity index (χ4n) is 2.16. The first-order valence-corrected chi connectivity index (χ1v) is 8.31. The molecule has 8 nitrogen and oxygen atoms in total. The molecule has 0 unspecified atom stereocenters. The van der Waals surface area contributed by atoms with Crippen molar-refractivity contribution >= 4 is 23.7 Å². The minimum Gasteiger partial charge on any atom is -0.267 e. The molecule has 28 heavy (non-hydrogen) atoms. The van der Waals surface area contributed by atoms with E-state index >= 15 is 0 Å². The maximum atomic E-state index is 12.2. The van der Waals surface area contributed by atoms with Crippen molar-refractivity contribution in [3.05, 3.63) is 96.1 Å². The molecule has 0 bridgehead atoms. The fourth-order valence-corrected chi connectivity index (χ4v) is 2.16. The minimum absolute atomic E-state index is 0.365. The van der Waals surface area contributed by atoms with Crippen molar-refractivity contribution in [3.8, 4) is 0 Å². The van der Waals surface area contributed by atoms with E-state index in [-0.39, 0.29) is 0 Å². The molecule has 138 valence electrons. The molecule has 2 amide bonds. The van der Waals surface area contributed by atoms with E-state index in [2.05, 4.69) is 31.0 Å². The van der Waals surface area contributed by atoms with Crippen LogP contribution < -0.4 is 10.9 Å². The van der Waals surface area contributed by atoms with Crippen LogP contribution >= 0.6 is 0 Å². The van der Waals surface area contributed by atoms with Crippen LogP contribution in [0, 0.1) is 0 Å². The molecule has 0 aliphatic heterocycles. The molecule has 2 aromatic heterocycles. The lowest BCUT2D eigenvalue weighted by Gasteiger charge is -2.04. The predicted molar refractivity (Wildman–Crippen MR) is 105 cm³/mol. The van der Waals surface area contributed by atoms with Crippen molar-refractivity contribution in [2.45, 2.75) is 0 Å². The molecule has 0 radical (unpaired) electrons. The van der Waals surface area contributed by atoms with Crippen molar-refractivity contribution in [1.29, 1.82) is 0 Å². The Morgan fingerprint density at radius 3 is 1.89 bits per heavy atom.